The van der Waals surface area contributed by atoms with Gasteiger partial charge >= 0.3 is 0 Å². The standard InChI is InChI=1S/C14H17N3S/c1-2-13-16-11(9-18-13)8-17-7-6-10-4-3-5-12(15)14(10)17/h3-5,9H,2,6-8,15H2,1H3. The molecule has 94 valence electrons. The van der Waals surface area contributed by atoms with Gasteiger partial charge in [-0.15, -0.1) is 11.3 Å². The lowest BCUT2D eigenvalue weighted by molar-refractivity contribution is 0.816. The molecule has 0 saturated heterocycles. The summed E-state index contributed by atoms with van der Waals surface area (Å²) in [5.74, 6) is 0. The zero-order valence-corrected chi connectivity index (χ0v) is 11.3. The number of para-hydroxylation sites is 1. The first kappa shape index (κ1) is 11.5. The van der Waals surface area contributed by atoms with Gasteiger partial charge in [-0.05, 0) is 24.5 Å². The third-order valence-electron chi connectivity index (χ3n) is 3.37. The molecule has 3 rings (SSSR count). The van der Waals surface area contributed by atoms with Crippen LogP contribution in [0.3, 0.4) is 0 Å². The average Bonchev–Trinajstić information content (AvgIpc) is 2.98. The predicted molar refractivity (Wildman–Crippen MR) is 77.1 cm³/mol. The Bertz CT molecular complexity index is 562. The Kier molecular flexibility index (Phi) is 2.96. The number of aryl methyl sites for hydroxylation is 1. The first-order valence-corrected chi connectivity index (χ1v) is 7.21. The SMILES string of the molecule is CCc1nc(CN2CCc3cccc(N)c32)cs1. The molecule has 2 aromatic rings. The second-order valence-corrected chi connectivity index (χ2v) is 5.56. The second kappa shape index (κ2) is 4.61. The molecule has 0 amide bonds. The lowest BCUT2D eigenvalue weighted by Crippen LogP contribution is -2.20. The number of thiazole rings is 1. The monoisotopic (exact) mass is 259 g/mol. The molecule has 0 atom stereocenters. The van der Waals surface area contributed by atoms with Crippen molar-refractivity contribution in [2.24, 2.45) is 0 Å². The van der Waals surface area contributed by atoms with Crippen LogP contribution in [0.4, 0.5) is 11.4 Å². The van der Waals surface area contributed by atoms with Crippen molar-refractivity contribution < 1.29 is 0 Å². The normalized spacial score (nSPS) is 13.9. The molecule has 0 aliphatic carbocycles. The maximum atomic E-state index is 6.09. The van der Waals surface area contributed by atoms with Crippen molar-refractivity contribution in [3.05, 3.63) is 39.8 Å². The molecule has 0 bridgehead atoms. The van der Waals surface area contributed by atoms with Crippen molar-refractivity contribution in [2.75, 3.05) is 17.2 Å². The Balaban J connectivity index is 1.84. The summed E-state index contributed by atoms with van der Waals surface area (Å²) in [4.78, 5) is 6.98. The van der Waals surface area contributed by atoms with E-state index >= 15 is 0 Å². The molecule has 18 heavy (non-hydrogen) atoms. The number of benzene rings is 1. The number of nitrogens with two attached hydrogens (primary N) is 1. The topological polar surface area (TPSA) is 42.2 Å². The highest BCUT2D eigenvalue weighted by atomic mass is 32.1. The Morgan fingerprint density at radius 2 is 2.33 bits per heavy atom. The summed E-state index contributed by atoms with van der Waals surface area (Å²) >= 11 is 1.75. The molecule has 0 saturated carbocycles. The molecule has 0 fully saturated rings. The third-order valence-corrected chi connectivity index (χ3v) is 4.41. The van der Waals surface area contributed by atoms with Gasteiger partial charge in [0.25, 0.3) is 0 Å². The zero-order chi connectivity index (χ0) is 12.5. The lowest BCUT2D eigenvalue weighted by atomic mass is 10.1. The fraction of sp³-hybridized carbons (Fsp3) is 0.357. The molecular weight excluding hydrogens is 242 g/mol. The Morgan fingerprint density at radius 1 is 1.44 bits per heavy atom. The van der Waals surface area contributed by atoms with Gasteiger partial charge in [0.1, 0.15) is 0 Å². The van der Waals surface area contributed by atoms with Gasteiger partial charge in [0.15, 0.2) is 0 Å². The van der Waals surface area contributed by atoms with Gasteiger partial charge in [0.2, 0.25) is 0 Å². The fourth-order valence-corrected chi connectivity index (χ4v) is 3.24. The van der Waals surface area contributed by atoms with Crippen molar-refractivity contribution >= 4 is 22.7 Å². The van der Waals surface area contributed by atoms with Crippen LogP contribution in [-0.2, 0) is 19.4 Å². The fourth-order valence-electron chi connectivity index (χ4n) is 2.50. The van der Waals surface area contributed by atoms with Crippen LogP contribution in [0.2, 0.25) is 0 Å². The molecule has 2 heterocycles. The predicted octanol–water partition coefficient (Wildman–Crippen LogP) is 2.85. The molecule has 0 radical (unpaired) electrons. The van der Waals surface area contributed by atoms with Crippen LogP contribution in [0, 0.1) is 0 Å². The summed E-state index contributed by atoms with van der Waals surface area (Å²) in [6.45, 7) is 4.06. The molecule has 1 aliphatic rings. The largest absolute Gasteiger partial charge is 0.397 e. The summed E-state index contributed by atoms with van der Waals surface area (Å²) in [7, 11) is 0. The van der Waals surface area contributed by atoms with Crippen molar-refractivity contribution in [1.82, 2.24) is 4.98 Å². The van der Waals surface area contributed by atoms with Crippen LogP contribution in [0.25, 0.3) is 0 Å². The van der Waals surface area contributed by atoms with Gasteiger partial charge in [0, 0.05) is 11.9 Å². The van der Waals surface area contributed by atoms with E-state index in [-0.39, 0.29) is 0 Å². The second-order valence-electron chi connectivity index (χ2n) is 4.61. The van der Waals surface area contributed by atoms with Gasteiger partial charge in [-0.1, -0.05) is 19.1 Å². The van der Waals surface area contributed by atoms with Crippen molar-refractivity contribution in [3.63, 3.8) is 0 Å². The van der Waals surface area contributed by atoms with E-state index < -0.39 is 0 Å². The van der Waals surface area contributed by atoms with Gasteiger partial charge < -0.3 is 10.6 Å². The molecular formula is C14H17N3S. The van der Waals surface area contributed by atoms with E-state index in [1.54, 1.807) is 11.3 Å². The number of hydrogen-bond acceptors (Lipinski definition) is 4. The molecule has 2 N–H and O–H groups in total. The van der Waals surface area contributed by atoms with Crippen LogP contribution in [-0.4, -0.2) is 11.5 Å². The zero-order valence-electron chi connectivity index (χ0n) is 10.5. The van der Waals surface area contributed by atoms with E-state index in [1.807, 2.05) is 12.1 Å². The summed E-state index contributed by atoms with van der Waals surface area (Å²) < 4.78 is 0. The number of nitrogen functional groups attached to an aromatic ring is 1. The van der Waals surface area contributed by atoms with Crippen LogP contribution in [0.15, 0.2) is 23.6 Å². The number of hydrogen-bond donors (Lipinski definition) is 1. The molecule has 3 nitrogen and oxygen atoms in total. The summed E-state index contributed by atoms with van der Waals surface area (Å²) in [6.07, 6.45) is 2.11. The Labute approximate surface area is 111 Å². The minimum Gasteiger partial charge on any atom is -0.397 e. The maximum Gasteiger partial charge on any atom is 0.0926 e. The maximum absolute atomic E-state index is 6.09. The molecule has 1 aliphatic heterocycles. The van der Waals surface area contributed by atoms with E-state index in [2.05, 4.69) is 28.3 Å². The minimum atomic E-state index is 0.873. The van der Waals surface area contributed by atoms with Gasteiger partial charge in [-0.25, -0.2) is 4.98 Å². The first-order valence-electron chi connectivity index (χ1n) is 6.33. The molecule has 1 aromatic carbocycles. The first-order chi connectivity index (χ1) is 8.78. The molecule has 1 aromatic heterocycles. The smallest absolute Gasteiger partial charge is 0.0926 e. The highest BCUT2D eigenvalue weighted by Gasteiger charge is 2.21. The van der Waals surface area contributed by atoms with E-state index in [1.165, 1.54) is 16.3 Å². The van der Waals surface area contributed by atoms with Crippen LogP contribution >= 0.6 is 11.3 Å². The van der Waals surface area contributed by atoms with E-state index in [4.69, 9.17) is 5.73 Å². The van der Waals surface area contributed by atoms with Crippen molar-refractivity contribution in [3.8, 4) is 0 Å². The third kappa shape index (κ3) is 1.97. The van der Waals surface area contributed by atoms with E-state index in [0.29, 0.717) is 0 Å². The molecule has 0 unspecified atom stereocenters. The van der Waals surface area contributed by atoms with E-state index in [0.717, 1.165) is 37.3 Å². The summed E-state index contributed by atoms with van der Waals surface area (Å²) in [6, 6.07) is 6.19. The average molecular weight is 259 g/mol. The highest BCUT2D eigenvalue weighted by molar-refractivity contribution is 7.09. The van der Waals surface area contributed by atoms with E-state index in [9.17, 15) is 0 Å². The lowest BCUT2D eigenvalue weighted by Gasteiger charge is -2.19. The summed E-state index contributed by atoms with van der Waals surface area (Å²) in [5.41, 5.74) is 10.7. The number of nitrogens with zero attached hydrogens (tertiary/aromatic N) is 2. The molecule has 4 heteroatoms. The van der Waals surface area contributed by atoms with Gasteiger partial charge in [0.05, 0.1) is 28.6 Å². The van der Waals surface area contributed by atoms with Gasteiger partial charge in [-0.3, -0.25) is 0 Å². The highest BCUT2D eigenvalue weighted by Crippen LogP contribution is 2.34. The quantitative estimate of drug-likeness (QED) is 0.862. The number of rotatable bonds is 3. The van der Waals surface area contributed by atoms with Gasteiger partial charge in [-0.2, -0.15) is 0 Å². The van der Waals surface area contributed by atoms with Crippen molar-refractivity contribution in [1.29, 1.82) is 0 Å². The minimum absolute atomic E-state index is 0.873. The van der Waals surface area contributed by atoms with Crippen LogP contribution in [0.5, 0.6) is 0 Å². The Morgan fingerprint density at radius 3 is 3.11 bits per heavy atom. The number of anilines is 2. The number of fused-ring (bicyclic) bond motifs is 1. The number of aromatic nitrogens is 1. The Hall–Kier alpha value is -1.55. The molecule has 0 spiro atoms. The van der Waals surface area contributed by atoms with Crippen molar-refractivity contribution in [2.45, 2.75) is 26.3 Å². The van der Waals surface area contributed by atoms with Crippen LogP contribution in [0.1, 0.15) is 23.2 Å². The van der Waals surface area contributed by atoms with Crippen LogP contribution < -0.4 is 10.6 Å². The summed E-state index contributed by atoms with van der Waals surface area (Å²) in [5, 5.41) is 3.38.